The van der Waals surface area contributed by atoms with Gasteiger partial charge in [-0.05, 0) is 86.4 Å². The molecular formula is C34H58N2O9. The molecule has 0 spiro atoms. The number of hydrogen-bond acceptors (Lipinski definition) is 11. The lowest BCUT2D eigenvalue weighted by Gasteiger charge is -2.49. The number of esters is 2. The fraction of sp³-hybridized carbons (Fsp3) is 0.912. The van der Waals surface area contributed by atoms with Crippen molar-refractivity contribution in [2.75, 3.05) is 27.2 Å². The van der Waals surface area contributed by atoms with Crippen molar-refractivity contribution in [3.05, 3.63) is 0 Å². The first-order valence-corrected chi connectivity index (χ1v) is 17.0. The monoisotopic (exact) mass is 638 g/mol. The van der Waals surface area contributed by atoms with Gasteiger partial charge >= 0.3 is 11.9 Å². The van der Waals surface area contributed by atoms with Gasteiger partial charge in [0.1, 0.15) is 17.6 Å². The van der Waals surface area contributed by atoms with Crippen LogP contribution in [-0.4, -0.2) is 109 Å². The van der Waals surface area contributed by atoms with Crippen LogP contribution in [0.25, 0.3) is 0 Å². The Hall–Kier alpha value is -1.63. The van der Waals surface area contributed by atoms with Crippen LogP contribution in [0.2, 0.25) is 0 Å². The molecule has 11 nitrogen and oxygen atoms in total. The van der Waals surface area contributed by atoms with Gasteiger partial charge in [0.15, 0.2) is 17.7 Å². The largest absolute Gasteiger partial charge is 0.457 e. The lowest BCUT2D eigenvalue weighted by molar-refractivity contribution is -0.302. The maximum atomic E-state index is 14.5. The molecule has 5 fully saturated rings. The van der Waals surface area contributed by atoms with E-state index >= 15 is 0 Å². The van der Waals surface area contributed by atoms with Gasteiger partial charge in [-0.3, -0.25) is 14.4 Å². The Bertz CT molecular complexity index is 1090. The fourth-order valence-corrected chi connectivity index (χ4v) is 8.33. The number of carbonyl (C=O) groups excluding carboxylic acids is 3. The van der Waals surface area contributed by atoms with Gasteiger partial charge in [0.25, 0.3) is 0 Å². The number of aliphatic hydroxyl groups is 1. The molecule has 3 unspecified atom stereocenters. The second-order valence-corrected chi connectivity index (χ2v) is 15.0. The number of ketones is 1. The molecule has 0 aromatic rings. The molecule has 5 heterocycles. The van der Waals surface area contributed by atoms with E-state index in [-0.39, 0.29) is 61.2 Å². The minimum absolute atomic E-state index is 0.0843. The molecule has 2 bridgehead atoms. The molecule has 11 heteroatoms. The van der Waals surface area contributed by atoms with Crippen LogP contribution in [0.1, 0.15) is 93.9 Å². The number of likely N-dealkylation sites (N-methyl/N-ethyl adjacent to an activating group) is 1. The summed E-state index contributed by atoms with van der Waals surface area (Å²) in [6, 6.07) is -0.300. The smallest absolute Gasteiger partial charge is 0.319 e. The van der Waals surface area contributed by atoms with Crippen molar-refractivity contribution < 1.29 is 43.2 Å². The van der Waals surface area contributed by atoms with Crippen LogP contribution < -0.4 is 5.32 Å². The summed E-state index contributed by atoms with van der Waals surface area (Å²) in [5.74, 6) is -2.21. The van der Waals surface area contributed by atoms with E-state index in [1.54, 1.807) is 13.8 Å². The van der Waals surface area contributed by atoms with Crippen molar-refractivity contribution in [3.63, 3.8) is 0 Å². The molecular weight excluding hydrogens is 580 g/mol. The normalized spacial score (nSPS) is 47.0. The second kappa shape index (κ2) is 13.8. The number of Topliss-reactive ketones (excluding diaryl/α,β-unsaturated/α-hetero) is 1. The number of aliphatic hydroxyl groups excluding tert-OH is 1. The minimum Gasteiger partial charge on any atom is -0.457 e. The summed E-state index contributed by atoms with van der Waals surface area (Å²) in [5.41, 5.74) is -3.51. The van der Waals surface area contributed by atoms with Crippen LogP contribution in [0.15, 0.2) is 0 Å². The highest BCUT2D eigenvalue weighted by molar-refractivity contribution is 6.04. The molecule has 2 N–H and O–H groups in total. The van der Waals surface area contributed by atoms with E-state index in [9.17, 15) is 19.5 Å². The lowest BCUT2D eigenvalue weighted by atomic mass is 9.70. The third kappa shape index (κ3) is 6.99. The van der Waals surface area contributed by atoms with Gasteiger partial charge in [-0.2, -0.15) is 0 Å². The maximum Gasteiger partial charge on any atom is 0.319 e. The van der Waals surface area contributed by atoms with Crippen LogP contribution in [-0.2, 0) is 38.1 Å². The van der Waals surface area contributed by atoms with Gasteiger partial charge in [0.05, 0.1) is 24.2 Å². The number of rotatable bonds is 5. The van der Waals surface area contributed by atoms with Crippen molar-refractivity contribution in [1.82, 2.24) is 10.2 Å². The summed E-state index contributed by atoms with van der Waals surface area (Å²) in [7, 11) is 3.85. The van der Waals surface area contributed by atoms with E-state index in [4.69, 9.17) is 23.7 Å². The van der Waals surface area contributed by atoms with Crippen LogP contribution in [0.5, 0.6) is 0 Å². The number of nitrogens with zero attached hydrogens (tertiary/aromatic N) is 1. The van der Waals surface area contributed by atoms with Crippen molar-refractivity contribution in [2.24, 2.45) is 23.2 Å². The van der Waals surface area contributed by atoms with Crippen LogP contribution in [0, 0.1) is 23.2 Å². The summed E-state index contributed by atoms with van der Waals surface area (Å²) in [4.78, 5) is 43.3. The number of hydrogen-bond donors (Lipinski definition) is 2. The molecule has 5 aliphatic rings. The molecule has 5 saturated heterocycles. The minimum atomic E-state index is -1.52. The molecule has 258 valence electrons. The zero-order valence-electron chi connectivity index (χ0n) is 29.1. The van der Waals surface area contributed by atoms with Crippen molar-refractivity contribution in [1.29, 1.82) is 0 Å². The van der Waals surface area contributed by atoms with E-state index in [0.717, 1.165) is 6.42 Å². The Morgan fingerprint density at radius 1 is 1.07 bits per heavy atom. The van der Waals surface area contributed by atoms with E-state index < -0.39 is 53.1 Å². The van der Waals surface area contributed by atoms with Crippen molar-refractivity contribution >= 4 is 17.7 Å². The Labute approximate surface area is 269 Å². The Morgan fingerprint density at radius 2 is 1.76 bits per heavy atom. The zero-order valence-corrected chi connectivity index (χ0v) is 29.1. The molecule has 13 atom stereocenters. The summed E-state index contributed by atoms with van der Waals surface area (Å²) >= 11 is 0. The topological polar surface area (TPSA) is 133 Å². The Kier molecular flexibility index (Phi) is 11.1. The average molecular weight is 639 g/mol. The van der Waals surface area contributed by atoms with Gasteiger partial charge in [0.2, 0.25) is 0 Å². The SMILES string of the molecule is CCC1CC(N(C)C)C(O)[C@H](O[C@@H]2[C@@H](C)C(=O)[C@]3(C)CCO[C@]2(C)C[C@@H](C)CN[C@H](C)[C@H]2CC(=O)O[C@]2(C)[C@@H](CC)OC3=O)O1. The van der Waals surface area contributed by atoms with E-state index in [0.29, 0.717) is 25.8 Å². The first kappa shape index (κ1) is 36.2. The van der Waals surface area contributed by atoms with E-state index in [1.165, 1.54) is 0 Å². The van der Waals surface area contributed by atoms with Gasteiger partial charge in [-0.25, -0.2) is 0 Å². The summed E-state index contributed by atoms with van der Waals surface area (Å²) in [6.45, 7) is 16.0. The van der Waals surface area contributed by atoms with E-state index in [2.05, 4.69) is 12.2 Å². The molecule has 5 rings (SSSR count). The fourth-order valence-electron chi connectivity index (χ4n) is 8.33. The molecule has 0 amide bonds. The zero-order chi connectivity index (χ0) is 33.5. The quantitative estimate of drug-likeness (QED) is 0.340. The molecule has 45 heavy (non-hydrogen) atoms. The summed E-state index contributed by atoms with van der Waals surface area (Å²) < 4.78 is 31.8. The highest BCUT2D eigenvalue weighted by atomic mass is 16.7. The number of carbonyl (C=O) groups is 3. The first-order chi connectivity index (χ1) is 21.0. The number of ether oxygens (including phenoxy) is 5. The van der Waals surface area contributed by atoms with Gasteiger partial charge in [-0.15, -0.1) is 0 Å². The molecule has 0 aromatic heterocycles. The van der Waals surface area contributed by atoms with Gasteiger partial charge in [0, 0.05) is 30.5 Å². The van der Waals surface area contributed by atoms with Crippen LogP contribution in [0.3, 0.4) is 0 Å². The third-order valence-corrected chi connectivity index (χ3v) is 11.3. The molecule has 5 aliphatic heterocycles. The molecule has 0 aromatic carbocycles. The predicted molar refractivity (Wildman–Crippen MR) is 167 cm³/mol. The molecule has 0 aliphatic carbocycles. The Balaban J connectivity index is 1.76. The predicted octanol–water partition coefficient (Wildman–Crippen LogP) is 3.24. The lowest BCUT2D eigenvalue weighted by Crippen LogP contribution is -2.61. The van der Waals surface area contributed by atoms with E-state index in [1.807, 2.05) is 53.6 Å². The first-order valence-electron chi connectivity index (χ1n) is 17.0. The Morgan fingerprint density at radius 3 is 2.38 bits per heavy atom. The average Bonchev–Trinajstić information content (AvgIpc) is 3.30. The van der Waals surface area contributed by atoms with Crippen LogP contribution >= 0.6 is 0 Å². The second-order valence-electron chi connectivity index (χ2n) is 15.0. The molecule has 0 radical (unpaired) electrons. The maximum absolute atomic E-state index is 14.5. The number of nitrogens with one attached hydrogen (secondary N) is 1. The standard InChI is InChI=1S/C34H58N2O9/c1-11-22-15-24(36(9)10)27(38)30(42-22)44-29-20(4)28(39)32(6)13-14-41-33(29,7)17-19(3)18-35-21(5)23-16-26(37)45-34(23,8)25(12-2)43-31(32)40/h19-25,27,29-30,35,38H,11-18H2,1-10H3/t19-,20+,21-,22?,23-,24?,25-,27?,29-,30+,32+,33-,34+/m1/s1. The van der Waals surface area contributed by atoms with Crippen LogP contribution in [0.4, 0.5) is 0 Å². The summed E-state index contributed by atoms with van der Waals surface area (Å²) in [5, 5.41) is 15.0. The van der Waals surface area contributed by atoms with Crippen molar-refractivity contribution in [2.45, 2.75) is 148 Å². The van der Waals surface area contributed by atoms with Gasteiger partial charge in [-0.1, -0.05) is 27.7 Å². The van der Waals surface area contributed by atoms with Crippen molar-refractivity contribution in [3.8, 4) is 0 Å². The summed E-state index contributed by atoms with van der Waals surface area (Å²) in [6.07, 6.45) is -0.877. The highest BCUT2D eigenvalue weighted by Crippen LogP contribution is 2.45. The molecule has 0 saturated carbocycles. The third-order valence-electron chi connectivity index (χ3n) is 11.3. The number of fused-ring (bicyclic) bond motifs is 10. The highest BCUT2D eigenvalue weighted by Gasteiger charge is 2.58. The van der Waals surface area contributed by atoms with Gasteiger partial charge < -0.3 is 39.0 Å².